The van der Waals surface area contributed by atoms with Gasteiger partial charge in [0, 0.05) is 5.56 Å². The lowest BCUT2D eigenvalue weighted by atomic mass is 9.88. The molecule has 0 aromatic heterocycles. The first-order valence-electron chi connectivity index (χ1n) is 16.3. The Labute approximate surface area is 279 Å². The van der Waals surface area contributed by atoms with E-state index in [0.717, 1.165) is 54.9 Å². The average Bonchev–Trinajstić information content (AvgIpc) is 3.14. The van der Waals surface area contributed by atoms with Crippen molar-refractivity contribution in [2.75, 3.05) is 26.4 Å². The molecule has 8 aromatic rings. The van der Waals surface area contributed by atoms with Gasteiger partial charge < -0.3 is 19.7 Å². The lowest BCUT2D eigenvalue weighted by molar-refractivity contribution is 0.179. The molecular weight excluding hydrogens is 592 g/mol. The van der Waals surface area contributed by atoms with Crippen LogP contribution in [0.25, 0.3) is 76.5 Å². The van der Waals surface area contributed by atoms with Crippen LogP contribution >= 0.6 is 0 Å². The molecule has 0 heterocycles. The normalized spacial score (nSPS) is 11.5. The van der Waals surface area contributed by atoms with Gasteiger partial charge in [-0.3, -0.25) is 0 Å². The number of hydrogen-bond acceptors (Lipinski definition) is 4. The van der Waals surface area contributed by atoms with Crippen molar-refractivity contribution in [1.29, 1.82) is 0 Å². The number of rotatable bonds is 9. The molecule has 0 aliphatic rings. The molecule has 0 aliphatic heterocycles. The highest BCUT2D eigenvalue weighted by atomic mass is 16.5. The Morgan fingerprint density at radius 2 is 0.896 bits per heavy atom. The van der Waals surface area contributed by atoms with Gasteiger partial charge in [0.15, 0.2) is 11.5 Å². The van der Waals surface area contributed by atoms with Crippen molar-refractivity contribution < 1.29 is 19.7 Å². The van der Waals surface area contributed by atoms with Gasteiger partial charge in [-0.05, 0) is 89.1 Å². The molecule has 8 rings (SSSR count). The maximum atomic E-state index is 9.85. The van der Waals surface area contributed by atoms with E-state index in [1.165, 1.54) is 21.5 Å². The van der Waals surface area contributed by atoms with E-state index >= 15 is 0 Å². The van der Waals surface area contributed by atoms with Crippen molar-refractivity contribution in [2.45, 2.75) is 0 Å². The van der Waals surface area contributed by atoms with Gasteiger partial charge >= 0.3 is 0 Å². The fraction of sp³-hybridized carbons (Fsp3) is 0.0909. The van der Waals surface area contributed by atoms with Crippen LogP contribution in [0.5, 0.6) is 11.5 Å². The van der Waals surface area contributed by atoms with E-state index in [4.69, 9.17) is 9.47 Å². The van der Waals surface area contributed by atoms with Crippen LogP contribution in [0, 0.1) is 0 Å². The summed E-state index contributed by atoms with van der Waals surface area (Å²) in [4.78, 5) is 0. The van der Waals surface area contributed by atoms with Crippen LogP contribution in [-0.4, -0.2) is 36.6 Å². The number of aliphatic hydroxyl groups excluding tert-OH is 2. The zero-order chi connectivity index (χ0) is 32.5. The molecule has 4 heteroatoms. The summed E-state index contributed by atoms with van der Waals surface area (Å²) in [6.45, 7) is -0.0656. The van der Waals surface area contributed by atoms with Gasteiger partial charge in [-0.15, -0.1) is 0 Å². The lowest BCUT2D eigenvalue weighted by Crippen LogP contribution is -2.08. The van der Waals surface area contributed by atoms with Crippen LogP contribution in [0.1, 0.15) is 0 Å². The van der Waals surface area contributed by atoms with E-state index in [9.17, 15) is 10.2 Å². The number of fused-ring (bicyclic) bond motifs is 4. The molecule has 4 nitrogen and oxygen atoms in total. The monoisotopic (exact) mass is 626 g/mol. The summed E-state index contributed by atoms with van der Waals surface area (Å²) in [6.07, 6.45) is 0. The molecule has 0 saturated heterocycles. The Hall–Kier alpha value is -5.68. The predicted molar refractivity (Wildman–Crippen MR) is 198 cm³/mol. The fourth-order valence-electron chi connectivity index (χ4n) is 6.95. The second kappa shape index (κ2) is 12.8. The van der Waals surface area contributed by atoms with Crippen molar-refractivity contribution >= 4 is 43.1 Å². The summed E-state index contributed by atoms with van der Waals surface area (Å²) in [6, 6.07) is 51.2. The summed E-state index contributed by atoms with van der Waals surface area (Å²) in [7, 11) is 0. The van der Waals surface area contributed by atoms with Crippen LogP contribution in [0.4, 0.5) is 0 Å². The van der Waals surface area contributed by atoms with Gasteiger partial charge in [0.2, 0.25) is 0 Å². The van der Waals surface area contributed by atoms with Gasteiger partial charge in [0.05, 0.1) is 13.2 Å². The first-order valence-corrected chi connectivity index (χ1v) is 16.3. The highest BCUT2D eigenvalue weighted by Crippen LogP contribution is 2.49. The Morgan fingerprint density at radius 1 is 0.396 bits per heavy atom. The zero-order valence-electron chi connectivity index (χ0n) is 26.4. The van der Waals surface area contributed by atoms with Crippen LogP contribution < -0.4 is 9.47 Å². The highest BCUT2D eigenvalue weighted by Gasteiger charge is 2.22. The molecule has 0 radical (unpaired) electrons. The van der Waals surface area contributed by atoms with Crippen molar-refractivity contribution in [3.63, 3.8) is 0 Å². The van der Waals surface area contributed by atoms with Crippen molar-refractivity contribution in [1.82, 2.24) is 0 Å². The molecule has 0 fully saturated rings. The standard InChI is InChI=1S/C44H34O4/c45-22-24-47-42-28-41-36(34-21-19-30-9-2-4-11-32(30)27-34)13-6-17-40(41)43(44(42)48-25-23-46)39-16-7-14-37-35(12-5-15-38(37)39)33-20-18-29-8-1-3-10-31(29)26-33/h1-21,26-28,45-46H,22-25H2. The van der Waals surface area contributed by atoms with Crippen molar-refractivity contribution in [3.8, 4) is 44.9 Å². The predicted octanol–water partition coefficient (Wildman–Crippen LogP) is 10.0. The second-order valence-electron chi connectivity index (χ2n) is 12.0. The fourth-order valence-corrected chi connectivity index (χ4v) is 6.95. The molecule has 2 N–H and O–H groups in total. The first-order chi connectivity index (χ1) is 23.7. The summed E-state index contributed by atoms with van der Waals surface area (Å²) in [5.41, 5.74) is 6.34. The van der Waals surface area contributed by atoms with Crippen molar-refractivity contribution in [3.05, 3.63) is 146 Å². The topological polar surface area (TPSA) is 58.9 Å². The van der Waals surface area contributed by atoms with Crippen LogP contribution in [-0.2, 0) is 0 Å². The molecule has 48 heavy (non-hydrogen) atoms. The van der Waals surface area contributed by atoms with E-state index in [1.54, 1.807) is 0 Å². The molecule has 0 unspecified atom stereocenters. The third-order valence-electron chi connectivity index (χ3n) is 9.10. The quantitative estimate of drug-likeness (QED) is 0.167. The molecule has 0 amide bonds. The Morgan fingerprint density at radius 3 is 1.50 bits per heavy atom. The molecule has 8 aromatic carbocycles. The summed E-state index contributed by atoms with van der Waals surface area (Å²) < 4.78 is 12.5. The smallest absolute Gasteiger partial charge is 0.169 e. The molecule has 0 spiro atoms. The molecular formula is C44H34O4. The summed E-state index contributed by atoms with van der Waals surface area (Å²) in [5.74, 6) is 1.07. The Kier molecular flexibility index (Phi) is 7.95. The summed E-state index contributed by atoms with van der Waals surface area (Å²) in [5, 5.41) is 28.6. The van der Waals surface area contributed by atoms with Gasteiger partial charge in [-0.1, -0.05) is 127 Å². The zero-order valence-corrected chi connectivity index (χ0v) is 26.4. The van der Waals surface area contributed by atoms with Crippen molar-refractivity contribution in [2.24, 2.45) is 0 Å². The van der Waals surface area contributed by atoms with Crippen LogP contribution in [0.15, 0.2) is 146 Å². The van der Waals surface area contributed by atoms with E-state index in [2.05, 4.69) is 140 Å². The molecule has 0 atom stereocenters. The van der Waals surface area contributed by atoms with E-state index < -0.39 is 0 Å². The SMILES string of the molecule is OCCOc1cc2c(-c3ccc4ccccc4c3)cccc2c(-c2cccc3c(-c4ccc5ccccc5c4)cccc23)c1OCCO. The van der Waals surface area contributed by atoms with Crippen LogP contribution in [0.2, 0.25) is 0 Å². The third-order valence-corrected chi connectivity index (χ3v) is 9.10. The van der Waals surface area contributed by atoms with E-state index in [1.807, 2.05) is 6.07 Å². The lowest BCUT2D eigenvalue weighted by Gasteiger charge is -2.21. The summed E-state index contributed by atoms with van der Waals surface area (Å²) >= 11 is 0. The molecule has 0 bridgehead atoms. The van der Waals surface area contributed by atoms with Gasteiger partial charge in [-0.25, -0.2) is 0 Å². The Bertz CT molecular complexity index is 2450. The number of hydrogen-bond donors (Lipinski definition) is 2. The van der Waals surface area contributed by atoms with E-state index in [-0.39, 0.29) is 26.4 Å². The van der Waals surface area contributed by atoms with Gasteiger partial charge in [0.1, 0.15) is 13.2 Å². The number of aliphatic hydroxyl groups is 2. The van der Waals surface area contributed by atoms with E-state index in [0.29, 0.717) is 11.5 Å². The average molecular weight is 627 g/mol. The Balaban J connectivity index is 1.41. The van der Waals surface area contributed by atoms with Crippen LogP contribution in [0.3, 0.4) is 0 Å². The maximum Gasteiger partial charge on any atom is 0.169 e. The second-order valence-corrected chi connectivity index (χ2v) is 12.0. The largest absolute Gasteiger partial charge is 0.487 e. The minimum atomic E-state index is -0.143. The third kappa shape index (κ3) is 5.31. The highest BCUT2D eigenvalue weighted by molar-refractivity contribution is 6.14. The van der Waals surface area contributed by atoms with Gasteiger partial charge in [-0.2, -0.15) is 0 Å². The first kappa shape index (κ1) is 29.7. The minimum absolute atomic E-state index is 0.103. The number of benzene rings is 8. The minimum Gasteiger partial charge on any atom is -0.487 e. The molecule has 234 valence electrons. The molecule has 0 aliphatic carbocycles. The number of ether oxygens (including phenoxy) is 2. The molecule has 0 saturated carbocycles. The maximum absolute atomic E-state index is 9.85. The van der Waals surface area contributed by atoms with Gasteiger partial charge in [0.25, 0.3) is 0 Å².